The highest BCUT2D eigenvalue weighted by Crippen LogP contribution is 2.43. The molecule has 24 nitrogen and oxygen atoms in total. The summed E-state index contributed by atoms with van der Waals surface area (Å²) in [7, 11) is -0.463. The summed E-state index contributed by atoms with van der Waals surface area (Å²) in [6.45, 7) is 6.86. The zero-order valence-corrected chi connectivity index (χ0v) is 71.9. The molecule has 3 atom stereocenters. The van der Waals surface area contributed by atoms with E-state index in [1.807, 2.05) is 57.5 Å². The second-order valence-corrected chi connectivity index (χ2v) is 37.5. The number of hydrogen-bond donors (Lipinski definition) is 3. The Morgan fingerprint density at radius 1 is 0.434 bits per heavy atom. The lowest BCUT2D eigenvalue weighted by Crippen LogP contribution is -2.44. The Morgan fingerprint density at radius 3 is 1.07 bits per heavy atom. The van der Waals surface area contributed by atoms with Crippen LogP contribution >= 0.6 is 69.6 Å². The van der Waals surface area contributed by atoms with E-state index in [4.69, 9.17) is 104 Å². The van der Waals surface area contributed by atoms with Crippen LogP contribution in [0.15, 0.2) is 124 Å². The number of halogens is 6. The minimum atomic E-state index is -3.88. The van der Waals surface area contributed by atoms with Crippen molar-refractivity contribution in [1.82, 2.24) is 38.8 Å². The van der Waals surface area contributed by atoms with E-state index >= 15 is 0 Å². The van der Waals surface area contributed by atoms with Crippen molar-refractivity contribution in [3.05, 3.63) is 189 Å². The summed E-state index contributed by atoms with van der Waals surface area (Å²) < 4.78 is 120. The molecule has 0 saturated carbocycles. The van der Waals surface area contributed by atoms with Crippen LogP contribution in [0.4, 0.5) is 0 Å². The first-order valence-electron chi connectivity index (χ1n) is 37.8. The number of ether oxygens (including phenoxy) is 6. The van der Waals surface area contributed by atoms with Gasteiger partial charge in [0.1, 0.15) is 0 Å². The number of sulfonamides is 2. The number of likely N-dealkylation sites (N-methyl/N-ethyl adjacent to an activating group) is 6. The topological polar surface area (TPSA) is 279 Å². The molecule has 620 valence electrons. The number of carbonyl (C=O) groups excluding carboxylic acids is 3. The number of nitrogens with one attached hydrogen (secondary N) is 2. The number of nitrogens with zero attached hydrogens (tertiary/aromatic N) is 6. The van der Waals surface area contributed by atoms with Gasteiger partial charge in [0.25, 0.3) is 0 Å². The van der Waals surface area contributed by atoms with E-state index in [2.05, 4.69) is 24.1 Å². The first-order chi connectivity index (χ1) is 53.8. The van der Waals surface area contributed by atoms with E-state index in [1.165, 1.54) is 14.7 Å². The third kappa shape index (κ3) is 27.2. The Morgan fingerprint density at radius 2 is 0.735 bits per heavy atom. The maximum atomic E-state index is 13.6. The fourth-order valence-corrected chi connectivity index (χ4v) is 19.4. The second-order valence-electron chi connectivity index (χ2n) is 29.3. The molecule has 0 saturated heterocycles. The average molecular weight is 1740 g/mol. The third-order valence-electron chi connectivity index (χ3n) is 20.6. The van der Waals surface area contributed by atoms with Gasteiger partial charge in [0.2, 0.25) is 37.8 Å². The molecule has 3 aliphatic heterocycles. The number of nitrogens with two attached hydrogens (primary N) is 1. The molecule has 3 heterocycles. The van der Waals surface area contributed by atoms with E-state index in [0.29, 0.717) is 69.4 Å². The summed E-state index contributed by atoms with van der Waals surface area (Å²) in [5.74, 6) is -1.14. The predicted octanol–water partition coefficient (Wildman–Crippen LogP) is 11.0. The summed E-state index contributed by atoms with van der Waals surface area (Å²) in [6, 6.07) is 31.6. The number of benzene rings is 6. The molecule has 0 bridgehead atoms. The van der Waals surface area contributed by atoms with Crippen molar-refractivity contribution >= 4 is 117 Å². The number of hydrogen-bond acceptors (Lipinski definition) is 19. The molecule has 0 spiro atoms. The van der Waals surface area contributed by atoms with Crippen LogP contribution < -0.4 is 15.2 Å². The highest BCUT2D eigenvalue weighted by atomic mass is 35.5. The van der Waals surface area contributed by atoms with Gasteiger partial charge in [-0.2, -0.15) is 0 Å². The number of sulfone groups is 1. The van der Waals surface area contributed by atoms with Crippen LogP contribution in [0.25, 0.3) is 0 Å². The molecule has 0 fully saturated rings. The van der Waals surface area contributed by atoms with Crippen molar-refractivity contribution in [3.8, 4) is 0 Å². The van der Waals surface area contributed by atoms with E-state index < -0.39 is 35.4 Å². The van der Waals surface area contributed by atoms with Crippen LogP contribution in [0.5, 0.6) is 0 Å². The van der Waals surface area contributed by atoms with Gasteiger partial charge < -0.3 is 63.6 Å². The standard InChI is InChI=1S/C80H105Cl6N9O15S3/c1-90-50-68(65-44-59(81)47-74(84)71(65)53-90)56-11-7-14-62(41-56)111(99,100)40-10-28-105-34-37-108-31-25-93(4)77(96)17-20-80(87,21-18-78(97)94(5)26-32-109-38-35-106-29-23-88-112(101,102)63-15-8-12-57(42-63)69-51-91(2)54-72-66(69)45-60(82)48-75(72)85)22-19-79(98)95(6)27-33-110-39-36-107-30-24-89-113(103,104)64-16-9-13-58(43-64)70-52-92(3)55-73-67(70)46-61(83)49-76(73)86/h7-9,11-16,41-49,68-70,88-89H,10,17-40,50-55,87H2,1-6H3/t68-,69-,70-/m0/s1. The average Bonchev–Trinajstić information content (AvgIpc) is 0.782. The number of amides is 3. The third-order valence-corrected chi connectivity index (χ3v) is 27.0. The van der Waals surface area contributed by atoms with Gasteiger partial charge in [0.15, 0.2) is 9.84 Å². The SMILES string of the molecule is CN1Cc2c(Cl)cc(Cl)cc2[C@H](c2cccc(S(=O)(=O)CCCOCCOCCN(C)C(=O)CCC(N)(CCC(=O)N(C)CCOCCOCCNS(=O)(=O)c3cccc([C@@H]4CN(C)Cc5c(Cl)cc(Cl)cc54)c3)CCC(=O)N(C)CCOCCOCCNS(=O)(=O)c3cccc([C@@H]4CN(C)Cc5c(Cl)cc(Cl)cc54)c3)c2)C1. The zero-order chi connectivity index (χ0) is 81.6. The molecule has 0 unspecified atom stereocenters. The highest BCUT2D eigenvalue weighted by Gasteiger charge is 2.34. The molecular weight excluding hydrogens is 1640 g/mol. The monoisotopic (exact) mass is 1740 g/mol. The van der Waals surface area contributed by atoms with Crippen LogP contribution in [0.3, 0.4) is 0 Å². The Labute approximate surface area is 696 Å². The van der Waals surface area contributed by atoms with Crippen molar-refractivity contribution in [1.29, 1.82) is 0 Å². The number of carbonyl (C=O) groups is 3. The molecule has 0 radical (unpaired) electrons. The molecule has 0 aliphatic carbocycles. The Hall–Kier alpha value is -5.16. The van der Waals surface area contributed by atoms with Gasteiger partial charge in [-0.15, -0.1) is 0 Å². The molecule has 0 aromatic heterocycles. The van der Waals surface area contributed by atoms with Crippen LogP contribution in [-0.4, -0.2) is 258 Å². The van der Waals surface area contributed by atoms with Crippen molar-refractivity contribution in [2.24, 2.45) is 5.73 Å². The molecule has 33 heteroatoms. The summed E-state index contributed by atoms with van der Waals surface area (Å²) >= 11 is 39.0. The van der Waals surface area contributed by atoms with E-state index in [-0.39, 0.29) is 213 Å². The Balaban J connectivity index is 0.676. The van der Waals surface area contributed by atoms with Crippen LogP contribution in [0.1, 0.15) is 113 Å². The van der Waals surface area contributed by atoms with E-state index in [9.17, 15) is 39.6 Å². The molecule has 4 N–H and O–H groups in total. The van der Waals surface area contributed by atoms with Crippen LogP contribution in [0, 0.1) is 0 Å². The fraction of sp³-hybridized carbons (Fsp3) is 0.512. The van der Waals surface area contributed by atoms with Gasteiger partial charge in [-0.05, 0) is 170 Å². The summed E-state index contributed by atoms with van der Waals surface area (Å²) in [5.41, 5.74) is 14.3. The van der Waals surface area contributed by atoms with Gasteiger partial charge in [0.05, 0.1) is 93.1 Å². The van der Waals surface area contributed by atoms with Crippen LogP contribution in [0.2, 0.25) is 30.1 Å². The summed E-state index contributed by atoms with van der Waals surface area (Å²) in [4.78, 5) is 52.4. The second kappa shape index (κ2) is 43.5. The van der Waals surface area contributed by atoms with E-state index in [0.717, 1.165) is 50.1 Å². The minimum Gasteiger partial charge on any atom is -0.379 e. The zero-order valence-electron chi connectivity index (χ0n) is 64.9. The van der Waals surface area contributed by atoms with E-state index in [1.54, 1.807) is 93.9 Å². The largest absolute Gasteiger partial charge is 0.379 e. The summed E-state index contributed by atoms with van der Waals surface area (Å²) in [6.07, 6.45) is 0.867. The summed E-state index contributed by atoms with van der Waals surface area (Å²) in [5, 5.41) is 3.29. The molecule has 6 aromatic rings. The van der Waals surface area contributed by atoms with Crippen molar-refractivity contribution in [2.75, 3.05) is 180 Å². The van der Waals surface area contributed by atoms with Crippen molar-refractivity contribution < 1.29 is 68.1 Å². The lowest BCUT2D eigenvalue weighted by molar-refractivity contribution is -0.131. The first-order valence-corrected chi connectivity index (χ1v) is 44.7. The Bertz CT molecular complexity index is 4130. The van der Waals surface area contributed by atoms with Gasteiger partial charge in [-0.25, -0.2) is 34.7 Å². The quantitative estimate of drug-likeness (QED) is 0.0300. The Kier molecular flexibility index (Phi) is 35.3. The fourth-order valence-electron chi connectivity index (χ4n) is 14.2. The highest BCUT2D eigenvalue weighted by molar-refractivity contribution is 7.91. The van der Waals surface area contributed by atoms with Gasteiger partial charge in [-0.3, -0.25) is 14.4 Å². The molecule has 9 rings (SSSR count). The lowest BCUT2D eigenvalue weighted by Gasteiger charge is -2.33. The molecule has 3 amide bonds. The molecule has 113 heavy (non-hydrogen) atoms. The maximum absolute atomic E-state index is 13.6. The first kappa shape index (κ1) is 91.7. The molecular formula is C80H105Cl6N9O15S3. The van der Waals surface area contributed by atoms with Crippen molar-refractivity contribution in [2.45, 2.75) is 103 Å². The van der Waals surface area contributed by atoms with Crippen molar-refractivity contribution in [3.63, 3.8) is 0 Å². The number of fused-ring (bicyclic) bond motifs is 3. The maximum Gasteiger partial charge on any atom is 0.240 e. The lowest BCUT2D eigenvalue weighted by atomic mass is 9.84. The minimum absolute atomic E-state index is 0.0220. The van der Waals surface area contributed by atoms with Gasteiger partial charge in [0, 0.05) is 172 Å². The smallest absolute Gasteiger partial charge is 0.240 e. The van der Waals surface area contributed by atoms with Gasteiger partial charge >= 0.3 is 0 Å². The predicted molar refractivity (Wildman–Crippen MR) is 443 cm³/mol. The van der Waals surface area contributed by atoms with Gasteiger partial charge in [-0.1, -0.05) is 106 Å². The van der Waals surface area contributed by atoms with Crippen LogP contribution in [-0.2, 0) is 92.3 Å². The number of rotatable bonds is 45. The normalized spacial score (nSPS) is 16.4. The molecule has 6 aromatic carbocycles. The molecule has 3 aliphatic rings.